The summed E-state index contributed by atoms with van der Waals surface area (Å²) in [5.74, 6) is 0.347. The summed E-state index contributed by atoms with van der Waals surface area (Å²) in [6.07, 6.45) is 10.1. The molecule has 1 aliphatic heterocycles. The van der Waals surface area contributed by atoms with E-state index in [-0.39, 0.29) is 17.9 Å². The monoisotopic (exact) mass is 471 g/mol. The first kappa shape index (κ1) is 25.7. The standard InChI is InChI=1S/C26H37N3O5/c1-5-33-23(30)14-12-19-11-13-22(27-17-19)29(25(32)34-26(2,3)4)21-15-16-28(18-21)24(31)20-9-7-6-8-10-20/h11-14,17,20-21H,5-10,15-16,18H2,1-4H3/t21-/m1/s1. The number of amides is 2. The van der Waals surface area contributed by atoms with E-state index in [1.807, 2.05) is 25.7 Å². The molecule has 0 aromatic carbocycles. The van der Waals surface area contributed by atoms with E-state index in [2.05, 4.69) is 4.98 Å². The lowest BCUT2D eigenvalue weighted by Gasteiger charge is -2.31. The SMILES string of the molecule is CCOC(=O)C=Cc1ccc(N(C(=O)OC(C)(C)C)[C@@H]2CCN(C(=O)C3CCCCC3)C2)nc1. The van der Waals surface area contributed by atoms with Crippen LogP contribution in [-0.2, 0) is 19.1 Å². The topological polar surface area (TPSA) is 89.0 Å². The van der Waals surface area contributed by atoms with E-state index in [1.54, 1.807) is 36.2 Å². The summed E-state index contributed by atoms with van der Waals surface area (Å²) >= 11 is 0. The molecule has 1 atom stereocenters. The molecule has 1 aromatic heterocycles. The highest BCUT2D eigenvalue weighted by atomic mass is 16.6. The predicted octanol–water partition coefficient (Wildman–Crippen LogP) is 4.58. The van der Waals surface area contributed by atoms with E-state index in [0.717, 1.165) is 25.7 Å². The smallest absolute Gasteiger partial charge is 0.416 e. The zero-order valence-corrected chi connectivity index (χ0v) is 20.8. The van der Waals surface area contributed by atoms with Crippen LogP contribution in [0.5, 0.6) is 0 Å². The van der Waals surface area contributed by atoms with Gasteiger partial charge in [-0.3, -0.25) is 9.69 Å². The Morgan fingerprint density at radius 3 is 2.50 bits per heavy atom. The number of ether oxygens (including phenoxy) is 2. The fraction of sp³-hybridized carbons (Fsp3) is 0.615. The number of nitrogens with zero attached hydrogens (tertiary/aromatic N) is 3. The van der Waals surface area contributed by atoms with Crippen molar-refractivity contribution in [2.75, 3.05) is 24.6 Å². The van der Waals surface area contributed by atoms with Crippen molar-refractivity contribution < 1.29 is 23.9 Å². The van der Waals surface area contributed by atoms with Crippen molar-refractivity contribution in [3.63, 3.8) is 0 Å². The highest BCUT2D eigenvalue weighted by Crippen LogP contribution is 2.29. The van der Waals surface area contributed by atoms with Gasteiger partial charge in [-0.15, -0.1) is 0 Å². The third kappa shape index (κ3) is 7.05. The van der Waals surface area contributed by atoms with Crippen LogP contribution in [0, 0.1) is 5.92 Å². The van der Waals surface area contributed by atoms with Crippen LogP contribution in [0.3, 0.4) is 0 Å². The lowest BCUT2D eigenvalue weighted by molar-refractivity contribution is -0.137. The minimum absolute atomic E-state index is 0.103. The number of hydrogen-bond acceptors (Lipinski definition) is 6. The molecular weight excluding hydrogens is 434 g/mol. The van der Waals surface area contributed by atoms with Gasteiger partial charge in [0.15, 0.2) is 0 Å². The van der Waals surface area contributed by atoms with Gasteiger partial charge >= 0.3 is 12.1 Å². The maximum atomic E-state index is 13.2. The van der Waals surface area contributed by atoms with Crippen molar-refractivity contribution in [1.82, 2.24) is 9.88 Å². The number of pyridine rings is 1. The van der Waals surface area contributed by atoms with Gasteiger partial charge in [-0.1, -0.05) is 19.3 Å². The summed E-state index contributed by atoms with van der Waals surface area (Å²) in [6, 6.07) is 3.31. The Labute approximate surface area is 202 Å². The fourth-order valence-electron chi connectivity index (χ4n) is 4.49. The number of carbonyl (C=O) groups is 3. The van der Waals surface area contributed by atoms with Crippen LogP contribution in [-0.4, -0.2) is 59.2 Å². The van der Waals surface area contributed by atoms with Gasteiger partial charge in [-0.25, -0.2) is 14.6 Å². The van der Waals surface area contributed by atoms with Gasteiger partial charge in [0.2, 0.25) is 5.91 Å². The highest BCUT2D eigenvalue weighted by Gasteiger charge is 2.38. The number of carbonyl (C=O) groups excluding carboxylic acids is 3. The Kier molecular flexibility index (Phi) is 8.69. The van der Waals surface area contributed by atoms with E-state index in [0.29, 0.717) is 37.5 Å². The molecule has 34 heavy (non-hydrogen) atoms. The van der Waals surface area contributed by atoms with E-state index >= 15 is 0 Å². The van der Waals surface area contributed by atoms with Crippen molar-refractivity contribution in [1.29, 1.82) is 0 Å². The van der Waals surface area contributed by atoms with Crippen LogP contribution in [0.1, 0.15) is 71.8 Å². The first-order chi connectivity index (χ1) is 16.2. The van der Waals surface area contributed by atoms with Gasteiger partial charge in [0.05, 0.1) is 12.6 Å². The number of anilines is 1. The molecule has 3 rings (SSSR count). The molecule has 1 saturated heterocycles. The van der Waals surface area contributed by atoms with Crippen LogP contribution in [0.2, 0.25) is 0 Å². The summed E-state index contributed by atoms with van der Waals surface area (Å²) < 4.78 is 10.6. The summed E-state index contributed by atoms with van der Waals surface area (Å²) in [6.45, 7) is 8.64. The predicted molar refractivity (Wildman–Crippen MR) is 130 cm³/mol. The van der Waals surface area contributed by atoms with Gasteiger partial charge in [-0.2, -0.15) is 0 Å². The van der Waals surface area contributed by atoms with Crippen LogP contribution >= 0.6 is 0 Å². The number of hydrogen-bond donors (Lipinski definition) is 0. The number of aromatic nitrogens is 1. The molecule has 0 bridgehead atoms. The van der Waals surface area contributed by atoms with Crippen molar-refractivity contribution >= 4 is 29.9 Å². The zero-order chi connectivity index (χ0) is 24.7. The molecule has 1 aliphatic carbocycles. The van der Waals surface area contributed by atoms with Crippen LogP contribution < -0.4 is 4.90 Å². The highest BCUT2D eigenvalue weighted by molar-refractivity contribution is 5.89. The molecule has 8 nitrogen and oxygen atoms in total. The van der Waals surface area contributed by atoms with Crippen LogP contribution in [0.4, 0.5) is 10.6 Å². The van der Waals surface area contributed by atoms with Gasteiger partial charge in [0.25, 0.3) is 0 Å². The molecule has 1 saturated carbocycles. The molecule has 0 spiro atoms. The number of esters is 1. The lowest BCUT2D eigenvalue weighted by Crippen LogP contribution is -2.46. The summed E-state index contributed by atoms with van der Waals surface area (Å²) in [5.41, 5.74) is 0.0508. The Morgan fingerprint density at radius 1 is 1.15 bits per heavy atom. The average molecular weight is 472 g/mol. The quantitative estimate of drug-likeness (QED) is 0.446. The summed E-state index contributed by atoms with van der Waals surface area (Å²) in [4.78, 5) is 45.7. The second kappa shape index (κ2) is 11.5. The maximum absolute atomic E-state index is 13.2. The molecule has 8 heteroatoms. The van der Waals surface area contributed by atoms with Gasteiger partial charge in [-0.05, 0) is 70.7 Å². The fourth-order valence-corrected chi connectivity index (χ4v) is 4.49. The molecule has 0 unspecified atom stereocenters. The van der Waals surface area contributed by atoms with Crippen molar-refractivity contribution in [2.24, 2.45) is 5.92 Å². The molecule has 0 radical (unpaired) electrons. The van der Waals surface area contributed by atoms with Gasteiger partial charge in [0, 0.05) is 31.3 Å². The third-order valence-corrected chi connectivity index (χ3v) is 6.10. The second-order valence-corrected chi connectivity index (χ2v) is 9.95. The average Bonchev–Trinajstić information content (AvgIpc) is 3.27. The number of likely N-dealkylation sites (tertiary alicyclic amines) is 1. The normalized spacial score (nSPS) is 19.3. The van der Waals surface area contributed by atoms with E-state index < -0.39 is 17.7 Å². The van der Waals surface area contributed by atoms with E-state index in [1.165, 1.54) is 12.5 Å². The summed E-state index contributed by atoms with van der Waals surface area (Å²) in [7, 11) is 0. The second-order valence-electron chi connectivity index (χ2n) is 9.95. The molecule has 2 fully saturated rings. The molecule has 1 aromatic rings. The lowest BCUT2D eigenvalue weighted by atomic mass is 9.88. The molecule has 2 aliphatic rings. The first-order valence-electron chi connectivity index (χ1n) is 12.3. The third-order valence-electron chi connectivity index (χ3n) is 6.10. The minimum atomic E-state index is -0.659. The Hall–Kier alpha value is -2.90. The molecule has 2 heterocycles. The van der Waals surface area contributed by atoms with Crippen LogP contribution in [0.25, 0.3) is 6.08 Å². The van der Waals surface area contributed by atoms with Gasteiger partial charge < -0.3 is 14.4 Å². The van der Waals surface area contributed by atoms with Crippen molar-refractivity contribution in [3.8, 4) is 0 Å². The Bertz CT molecular complexity index is 885. The van der Waals surface area contributed by atoms with Crippen molar-refractivity contribution in [2.45, 2.75) is 77.9 Å². The maximum Gasteiger partial charge on any atom is 0.416 e. The summed E-state index contributed by atoms with van der Waals surface area (Å²) in [5, 5.41) is 0. The largest absolute Gasteiger partial charge is 0.463 e. The number of rotatable bonds is 6. The Balaban J connectivity index is 1.76. The van der Waals surface area contributed by atoms with Crippen LogP contribution in [0.15, 0.2) is 24.4 Å². The molecule has 186 valence electrons. The Morgan fingerprint density at radius 2 is 1.88 bits per heavy atom. The minimum Gasteiger partial charge on any atom is -0.463 e. The molecule has 2 amide bonds. The van der Waals surface area contributed by atoms with Gasteiger partial charge in [0.1, 0.15) is 11.4 Å². The van der Waals surface area contributed by atoms with E-state index in [4.69, 9.17) is 9.47 Å². The molecular formula is C26H37N3O5. The van der Waals surface area contributed by atoms with E-state index in [9.17, 15) is 14.4 Å². The van der Waals surface area contributed by atoms with Crippen molar-refractivity contribution in [3.05, 3.63) is 30.0 Å². The molecule has 0 N–H and O–H groups in total. The first-order valence-corrected chi connectivity index (χ1v) is 12.3. The zero-order valence-electron chi connectivity index (χ0n) is 20.8.